The molecule has 6 heteroatoms. The zero-order valence-corrected chi connectivity index (χ0v) is 19.8. The third kappa shape index (κ3) is 4.40. The molecule has 168 valence electrons. The Balaban J connectivity index is 1.46. The van der Waals surface area contributed by atoms with Gasteiger partial charge in [0.25, 0.3) is 5.91 Å². The summed E-state index contributed by atoms with van der Waals surface area (Å²) in [7, 11) is 1.68. The monoisotopic (exact) mass is 465 g/mol. The lowest BCUT2D eigenvalue weighted by molar-refractivity contribution is 0.0980. The van der Waals surface area contributed by atoms with Gasteiger partial charge < -0.3 is 9.64 Å². The molecule has 0 aliphatic heterocycles. The van der Waals surface area contributed by atoms with E-state index in [0.717, 1.165) is 37.8 Å². The van der Waals surface area contributed by atoms with Crippen LogP contribution >= 0.6 is 11.3 Å². The Hall–Kier alpha value is -4.03. The van der Waals surface area contributed by atoms with E-state index in [2.05, 4.69) is 34.2 Å². The molecule has 34 heavy (non-hydrogen) atoms. The number of benzene rings is 3. The van der Waals surface area contributed by atoms with Gasteiger partial charge in [-0.25, -0.2) is 4.98 Å². The highest BCUT2D eigenvalue weighted by molar-refractivity contribution is 7.15. The smallest absolute Gasteiger partial charge is 0.278 e. The van der Waals surface area contributed by atoms with E-state index in [-0.39, 0.29) is 5.91 Å². The molecule has 2 heterocycles. The van der Waals surface area contributed by atoms with Crippen molar-refractivity contribution in [3.05, 3.63) is 107 Å². The molecule has 0 spiro atoms. The maximum absolute atomic E-state index is 13.6. The minimum atomic E-state index is -0.181. The summed E-state index contributed by atoms with van der Waals surface area (Å²) >= 11 is 1.68. The molecule has 0 saturated heterocycles. The number of carbonyl (C=O) groups is 1. The lowest BCUT2D eigenvalue weighted by Crippen LogP contribution is -2.30. The van der Waals surface area contributed by atoms with Crippen LogP contribution < -0.4 is 9.64 Å². The Morgan fingerprint density at radius 2 is 1.71 bits per heavy atom. The molecule has 5 nitrogen and oxygen atoms in total. The summed E-state index contributed by atoms with van der Waals surface area (Å²) in [6.45, 7) is 2.48. The lowest BCUT2D eigenvalue weighted by atomic mass is 10.1. The summed E-state index contributed by atoms with van der Waals surface area (Å²) in [5.74, 6) is 0.692. The molecule has 0 atom stereocenters. The molecule has 5 aromatic rings. The topological polar surface area (TPSA) is 55.3 Å². The highest BCUT2D eigenvalue weighted by Crippen LogP contribution is 2.33. The standard InChI is InChI=1S/C28H23N3O2S/c1-19-16-20(12-14-26(19)33-2)27-15-13-22(34-27)18-31(21-8-4-3-5-9-21)28(32)25-17-29-23-10-6-7-11-24(23)30-25/h3-17H,18H2,1-2H3. The molecule has 0 bridgehead atoms. The van der Waals surface area contributed by atoms with Crippen LogP contribution in [0.1, 0.15) is 20.9 Å². The molecule has 0 saturated carbocycles. The number of aryl methyl sites for hydroxylation is 1. The van der Waals surface area contributed by atoms with Gasteiger partial charge in [-0.3, -0.25) is 9.78 Å². The number of hydrogen-bond donors (Lipinski definition) is 0. The molecule has 5 rings (SSSR count). The number of rotatable bonds is 6. The fourth-order valence-corrected chi connectivity index (χ4v) is 4.89. The Morgan fingerprint density at radius 3 is 2.47 bits per heavy atom. The molecule has 2 aromatic heterocycles. The first-order chi connectivity index (χ1) is 16.6. The number of aromatic nitrogens is 2. The summed E-state index contributed by atoms with van der Waals surface area (Å²) in [6.07, 6.45) is 1.56. The predicted molar refractivity (Wildman–Crippen MR) is 138 cm³/mol. The van der Waals surface area contributed by atoms with Crippen LogP contribution in [-0.2, 0) is 6.54 Å². The van der Waals surface area contributed by atoms with Crippen molar-refractivity contribution in [3.63, 3.8) is 0 Å². The van der Waals surface area contributed by atoms with Gasteiger partial charge in [0.1, 0.15) is 11.4 Å². The van der Waals surface area contributed by atoms with E-state index in [1.807, 2.05) is 67.6 Å². The molecule has 0 aliphatic rings. The molecular weight excluding hydrogens is 442 g/mol. The summed E-state index contributed by atoms with van der Waals surface area (Å²) in [4.78, 5) is 26.6. The number of para-hydroxylation sites is 3. The van der Waals surface area contributed by atoms with Gasteiger partial charge in [0.05, 0.1) is 30.9 Å². The van der Waals surface area contributed by atoms with Gasteiger partial charge in [0.2, 0.25) is 0 Å². The number of thiophene rings is 1. The summed E-state index contributed by atoms with van der Waals surface area (Å²) in [5, 5.41) is 0. The third-order valence-corrected chi connectivity index (χ3v) is 6.75. The minimum absolute atomic E-state index is 0.181. The second-order valence-corrected chi connectivity index (χ2v) is 9.09. The third-order valence-electron chi connectivity index (χ3n) is 5.64. The van der Waals surface area contributed by atoms with E-state index in [1.54, 1.807) is 29.5 Å². The molecule has 3 aromatic carbocycles. The lowest BCUT2D eigenvalue weighted by Gasteiger charge is -2.22. The van der Waals surface area contributed by atoms with Crippen molar-refractivity contribution in [3.8, 4) is 16.2 Å². The predicted octanol–water partition coefficient (Wildman–Crippen LogP) is 6.52. The summed E-state index contributed by atoms with van der Waals surface area (Å²) < 4.78 is 5.39. The van der Waals surface area contributed by atoms with Crippen LogP contribution in [0.3, 0.4) is 0 Å². The van der Waals surface area contributed by atoms with Crippen molar-refractivity contribution < 1.29 is 9.53 Å². The number of carbonyl (C=O) groups excluding carboxylic acids is 1. The molecule has 0 N–H and O–H groups in total. The van der Waals surface area contributed by atoms with Crippen LogP contribution in [0.2, 0.25) is 0 Å². The quantitative estimate of drug-likeness (QED) is 0.286. The molecular formula is C28H23N3O2S. The summed E-state index contributed by atoms with van der Waals surface area (Å²) in [6, 6.07) is 27.6. The van der Waals surface area contributed by atoms with Crippen molar-refractivity contribution in [1.29, 1.82) is 0 Å². The Labute approximate surface area is 202 Å². The Bertz CT molecular complexity index is 1460. The number of amides is 1. The van der Waals surface area contributed by atoms with E-state index in [1.165, 1.54) is 0 Å². The molecule has 0 aliphatic carbocycles. The number of ether oxygens (including phenoxy) is 1. The van der Waals surface area contributed by atoms with Gasteiger partial charge in [0.15, 0.2) is 0 Å². The average molecular weight is 466 g/mol. The second-order valence-electron chi connectivity index (χ2n) is 7.92. The van der Waals surface area contributed by atoms with Gasteiger partial charge in [-0.05, 0) is 72.6 Å². The van der Waals surface area contributed by atoms with E-state index < -0.39 is 0 Å². The molecule has 0 radical (unpaired) electrons. The van der Waals surface area contributed by atoms with Crippen LogP contribution in [0.5, 0.6) is 5.75 Å². The molecule has 0 unspecified atom stereocenters. The van der Waals surface area contributed by atoms with Crippen molar-refractivity contribution in [2.24, 2.45) is 0 Å². The Kier molecular flexibility index (Phi) is 6.06. The zero-order valence-electron chi connectivity index (χ0n) is 18.9. The van der Waals surface area contributed by atoms with Crippen LogP contribution in [0.15, 0.2) is 91.1 Å². The number of nitrogens with zero attached hydrogens (tertiary/aromatic N) is 3. The summed E-state index contributed by atoms with van der Waals surface area (Å²) in [5.41, 5.74) is 4.83. The molecule has 0 fully saturated rings. The highest BCUT2D eigenvalue weighted by atomic mass is 32.1. The number of hydrogen-bond acceptors (Lipinski definition) is 5. The van der Waals surface area contributed by atoms with Crippen molar-refractivity contribution in [1.82, 2.24) is 9.97 Å². The fraction of sp³-hybridized carbons (Fsp3) is 0.107. The van der Waals surface area contributed by atoms with Gasteiger partial charge >= 0.3 is 0 Å². The second kappa shape index (κ2) is 9.45. The first-order valence-corrected chi connectivity index (χ1v) is 11.8. The van der Waals surface area contributed by atoms with Crippen LogP contribution in [0.4, 0.5) is 5.69 Å². The van der Waals surface area contributed by atoms with Crippen molar-refractivity contribution in [2.45, 2.75) is 13.5 Å². The van der Waals surface area contributed by atoms with Gasteiger partial charge in [-0.2, -0.15) is 0 Å². The first kappa shape index (κ1) is 21.8. The fourth-order valence-electron chi connectivity index (χ4n) is 3.89. The van der Waals surface area contributed by atoms with Crippen LogP contribution in [-0.4, -0.2) is 23.0 Å². The minimum Gasteiger partial charge on any atom is -0.496 e. The average Bonchev–Trinajstić information content (AvgIpc) is 3.36. The Morgan fingerprint density at radius 1 is 0.941 bits per heavy atom. The first-order valence-electron chi connectivity index (χ1n) is 10.9. The normalized spacial score (nSPS) is 10.9. The zero-order chi connectivity index (χ0) is 23.5. The number of anilines is 1. The van der Waals surface area contributed by atoms with Crippen LogP contribution in [0.25, 0.3) is 21.5 Å². The van der Waals surface area contributed by atoms with Gasteiger partial charge in [-0.15, -0.1) is 11.3 Å². The van der Waals surface area contributed by atoms with Crippen molar-refractivity contribution in [2.75, 3.05) is 12.0 Å². The van der Waals surface area contributed by atoms with E-state index in [0.29, 0.717) is 17.8 Å². The van der Waals surface area contributed by atoms with Crippen molar-refractivity contribution >= 4 is 34.0 Å². The van der Waals surface area contributed by atoms with Gasteiger partial charge in [-0.1, -0.05) is 30.3 Å². The highest BCUT2D eigenvalue weighted by Gasteiger charge is 2.21. The maximum Gasteiger partial charge on any atom is 0.278 e. The maximum atomic E-state index is 13.6. The SMILES string of the molecule is COc1ccc(-c2ccc(CN(C(=O)c3cnc4ccccc4n3)c3ccccc3)s2)cc1C. The number of methoxy groups -OCH3 is 1. The van der Waals surface area contributed by atoms with E-state index in [9.17, 15) is 4.79 Å². The van der Waals surface area contributed by atoms with Gasteiger partial charge in [0, 0.05) is 15.4 Å². The van der Waals surface area contributed by atoms with E-state index in [4.69, 9.17) is 4.74 Å². The van der Waals surface area contributed by atoms with Crippen LogP contribution in [0, 0.1) is 6.92 Å². The number of fused-ring (bicyclic) bond motifs is 1. The van der Waals surface area contributed by atoms with E-state index >= 15 is 0 Å². The largest absolute Gasteiger partial charge is 0.496 e. The molecule has 1 amide bonds.